The fourth-order valence-electron chi connectivity index (χ4n) is 1.58. The van der Waals surface area contributed by atoms with Crippen molar-refractivity contribution in [2.75, 3.05) is 6.61 Å². The highest BCUT2D eigenvalue weighted by Gasteiger charge is 2.43. The van der Waals surface area contributed by atoms with Crippen molar-refractivity contribution in [3.8, 4) is 0 Å². The van der Waals surface area contributed by atoms with Crippen LogP contribution in [0.15, 0.2) is 18.2 Å². The zero-order valence-corrected chi connectivity index (χ0v) is 9.35. The summed E-state index contributed by atoms with van der Waals surface area (Å²) >= 11 is 0. The fourth-order valence-corrected chi connectivity index (χ4v) is 1.58. The standard InChI is InChI=1S/C11H11FN2O4/c12-8-5-7(1-2-9(8)14(17)18)10(16)13-11(6-15)3-4-11/h1-2,5,15H,3-4,6H2,(H,13,16). The minimum atomic E-state index is -1.05. The van der Waals surface area contributed by atoms with Gasteiger partial charge >= 0.3 is 5.69 Å². The maximum absolute atomic E-state index is 13.3. The summed E-state index contributed by atoms with van der Waals surface area (Å²) in [6, 6.07) is 2.95. The molecule has 1 aromatic rings. The molecule has 2 N–H and O–H groups in total. The lowest BCUT2D eigenvalue weighted by molar-refractivity contribution is -0.387. The number of amides is 1. The first-order valence-electron chi connectivity index (χ1n) is 5.35. The smallest absolute Gasteiger partial charge is 0.304 e. The molecule has 7 heteroatoms. The van der Waals surface area contributed by atoms with Gasteiger partial charge in [-0.15, -0.1) is 0 Å². The molecule has 1 fully saturated rings. The van der Waals surface area contributed by atoms with Crippen LogP contribution < -0.4 is 5.32 Å². The third kappa shape index (κ3) is 2.30. The number of halogens is 1. The average molecular weight is 254 g/mol. The van der Waals surface area contributed by atoms with Crippen LogP contribution in [0.5, 0.6) is 0 Å². The zero-order valence-electron chi connectivity index (χ0n) is 9.35. The van der Waals surface area contributed by atoms with E-state index in [1.165, 1.54) is 6.07 Å². The molecule has 0 unspecified atom stereocenters. The Kier molecular flexibility index (Phi) is 3.00. The molecule has 0 radical (unpaired) electrons. The van der Waals surface area contributed by atoms with E-state index in [4.69, 9.17) is 5.11 Å². The summed E-state index contributed by atoms with van der Waals surface area (Å²) < 4.78 is 13.3. The number of nitro groups is 1. The Hall–Kier alpha value is -2.02. The van der Waals surface area contributed by atoms with Crippen LogP contribution in [-0.4, -0.2) is 28.1 Å². The number of aliphatic hydroxyl groups excluding tert-OH is 1. The molecule has 1 saturated carbocycles. The summed E-state index contributed by atoms with van der Waals surface area (Å²) in [5, 5.41) is 22.0. The topological polar surface area (TPSA) is 92.5 Å². The summed E-state index contributed by atoms with van der Waals surface area (Å²) in [6.45, 7) is -0.172. The van der Waals surface area contributed by atoms with Gasteiger partial charge in [-0.3, -0.25) is 14.9 Å². The van der Waals surface area contributed by atoms with Crippen molar-refractivity contribution in [3.63, 3.8) is 0 Å². The van der Waals surface area contributed by atoms with Crippen LogP contribution in [0.1, 0.15) is 23.2 Å². The second-order valence-corrected chi connectivity index (χ2v) is 4.32. The molecule has 0 bridgehead atoms. The number of hydrogen-bond acceptors (Lipinski definition) is 4. The van der Waals surface area contributed by atoms with Crippen LogP contribution >= 0.6 is 0 Å². The van der Waals surface area contributed by atoms with E-state index in [1.807, 2.05) is 0 Å². The Morgan fingerprint density at radius 3 is 2.67 bits per heavy atom. The van der Waals surface area contributed by atoms with E-state index in [0.29, 0.717) is 12.8 Å². The molecule has 0 saturated heterocycles. The Balaban J connectivity index is 2.16. The maximum Gasteiger partial charge on any atom is 0.304 e. The number of carbonyl (C=O) groups excluding carboxylic acids is 1. The number of hydrogen-bond donors (Lipinski definition) is 2. The molecular weight excluding hydrogens is 243 g/mol. The number of nitro benzene ring substituents is 1. The molecule has 96 valence electrons. The molecule has 1 aliphatic carbocycles. The largest absolute Gasteiger partial charge is 0.394 e. The summed E-state index contributed by atoms with van der Waals surface area (Å²) in [5.74, 6) is -1.60. The lowest BCUT2D eigenvalue weighted by Gasteiger charge is -2.14. The van der Waals surface area contributed by atoms with Crippen molar-refractivity contribution in [2.24, 2.45) is 0 Å². The van der Waals surface area contributed by atoms with Crippen molar-refractivity contribution in [1.29, 1.82) is 0 Å². The molecule has 0 aliphatic heterocycles. The minimum absolute atomic E-state index is 0.00201. The number of nitrogens with one attached hydrogen (secondary N) is 1. The Labute approximate surface area is 102 Å². The SMILES string of the molecule is O=C(NC1(CO)CC1)c1ccc([N+](=O)[O-])c(F)c1. The molecule has 18 heavy (non-hydrogen) atoms. The van der Waals surface area contributed by atoms with Gasteiger partial charge < -0.3 is 10.4 Å². The van der Waals surface area contributed by atoms with Gasteiger partial charge in [-0.2, -0.15) is 4.39 Å². The molecule has 0 heterocycles. The quantitative estimate of drug-likeness (QED) is 0.619. The van der Waals surface area contributed by atoms with E-state index >= 15 is 0 Å². The lowest BCUT2D eigenvalue weighted by Crippen LogP contribution is -2.39. The van der Waals surface area contributed by atoms with Gasteiger partial charge in [-0.05, 0) is 25.0 Å². The fraction of sp³-hybridized carbons (Fsp3) is 0.364. The highest BCUT2D eigenvalue weighted by atomic mass is 19.1. The van der Waals surface area contributed by atoms with Gasteiger partial charge in [0.1, 0.15) is 0 Å². The molecule has 0 atom stereocenters. The first-order valence-corrected chi connectivity index (χ1v) is 5.35. The van der Waals surface area contributed by atoms with Gasteiger partial charge in [-0.25, -0.2) is 0 Å². The Morgan fingerprint density at radius 1 is 1.56 bits per heavy atom. The molecule has 1 amide bonds. The van der Waals surface area contributed by atoms with Crippen molar-refractivity contribution in [3.05, 3.63) is 39.7 Å². The van der Waals surface area contributed by atoms with Crippen LogP contribution in [0.3, 0.4) is 0 Å². The maximum atomic E-state index is 13.3. The van der Waals surface area contributed by atoms with Crippen molar-refractivity contribution in [1.82, 2.24) is 5.32 Å². The molecule has 2 rings (SSSR count). The third-order valence-electron chi connectivity index (χ3n) is 2.94. The molecule has 1 aliphatic rings. The van der Waals surface area contributed by atoms with E-state index in [9.17, 15) is 19.3 Å². The first kappa shape index (κ1) is 12.4. The molecule has 0 spiro atoms. The van der Waals surface area contributed by atoms with Gasteiger partial charge in [0.25, 0.3) is 5.91 Å². The minimum Gasteiger partial charge on any atom is -0.394 e. The van der Waals surface area contributed by atoms with E-state index in [2.05, 4.69) is 5.32 Å². The van der Waals surface area contributed by atoms with Crippen LogP contribution in [-0.2, 0) is 0 Å². The van der Waals surface area contributed by atoms with Gasteiger partial charge in [-0.1, -0.05) is 0 Å². The van der Waals surface area contributed by atoms with E-state index in [0.717, 1.165) is 12.1 Å². The van der Waals surface area contributed by atoms with Crippen LogP contribution in [0.4, 0.5) is 10.1 Å². The highest BCUT2D eigenvalue weighted by molar-refractivity contribution is 5.95. The highest BCUT2D eigenvalue weighted by Crippen LogP contribution is 2.34. The van der Waals surface area contributed by atoms with Crippen LogP contribution in [0, 0.1) is 15.9 Å². The predicted molar refractivity (Wildman–Crippen MR) is 59.6 cm³/mol. The number of benzene rings is 1. The summed E-state index contributed by atoms with van der Waals surface area (Å²) in [7, 11) is 0. The third-order valence-corrected chi connectivity index (χ3v) is 2.94. The van der Waals surface area contributed by atoms with Crippen LogP contribution in [0.25, 0.3) is 0 Å². The average Bonchev–Trinajstić information content (AvgIpc) is 3.09. The zero-order chi connectivity index (χ0) is 13.3. The molecular formula is C11H11FN2O4. The van der Waals surface area contributed by atoms with E-state index in [1.54, 1.807) is 0 Å². The number of nitrogens with zero attached hydrogens (tertiary/aromatic N) is 1. The van der Waals surface area contributed by atoms with Crippen molar-refractivity contribution >= 4 is 11.6 Å². The normalized spacial score (nSPS) is 16.1. The lowest BCUT2D eigenvalue weighted by atomic mass is 10.1. The second kappa shape index (κ2) is 4.34. The Bertz CT molecular complexity index is 514. The number of carbonyl (C=O) groups is 1. The monoisotopic (exact) mass is 254 g/mol. The second-order valence-electron chi connectivity index (χ2n) is 4.32. The number of rotatable bonds is 4. The van der Waals surface area contributed by atoms with Gasteiger partial charge in [0.2, 0.25) is 5.82 Å². The van der Waals surface area contributed by atoms with Gasteiger partial charge in [0, 0.05) is 11.6 Å². The summed E-state index contributed by atoms with van der Waals surface area (Å²) in [4.78, 5) is 21.3. The molecule has 0 aromatic heterocycles. The predicted octanol–water partition coefficient (Wildman–Crippen LogP) is 0.989. The molecule has 6 nitrogen and oxygen atoms in total. The van der Waals surface area contributed by atoms with Gasteiger partial charge in [0.05, 0.1) is 17.1 Å². The van der Waals surface area contributed by atoms with Crippen LogP contribution in [0.2, 0.25) is 0 Å². The van der Waals surface area contributed by atoms with E-state index < -0.39 is 27.9 Å². The molecule has 1 aromatic carbocycles. The summed E-state index contributed by atoms with van der Waals surface area (Å²) in [6.07, 6.45) is 1.34. The Morgan fingerprint density at radius 2 is 2.22 bits per heavy atom. The summed E-state index contributed by atoms with van der Waals surface area (Å²) in [5.41, 5.74) is -1.28. The number of aliphatic hydroxyl groups is 1. The first-order chi connectivity index (χ1) is 8.47. The van der Waals surface area contributed by atoms with Crippen molar-refractivity contribution < 1.29 is 19.2 Å². The van der Waals surface area contributed by atoms with E-state index in [-0.39, 0.29) is 12.2 Å². The van der Waals surface area contributed by atoms with Gasteiger partial charge in [0.15, 0.2) is 0 Å². The van der Waals surface area contributed by atoms with Crippen molar-refractivity contribution in [2.45, 2.75) is 18.4 Å².